The van der Waals surface area contributed by atoms with E-state index in [0.29, 0.717) is 0 Å². The van der Waals surface area contributed by atoms with Crippen LogP contribution in [0.1, 0.15) is 31.0 Å². The number of piperidine rings is 1. The molecule has 5 heteroatoms. The third-order valence-electron chi connectivity index (χ3n) is 3.70. The Balaban J connectivity index is 1.91. The fourth-order valence-corrected chi connectivity index (χ4v) is 2.46. The van der Waals surface area contributed by atoms with E-state index in [2.05, 4.69) is 23.1 Å². The van der Waals surface area contributed by atoms with Crippen molar-refractivity contribution in [3.63, 3.8) is 0 Å². The Hall–Kier alpha value is -1.36. The Kier molecular flexibility index (Phi) is 4.01. The molecule has 0 radical (unpaired) electrons. The minimum absolute atomic E-state index is 0.152. The predicted molar refractivity (Wildman–Crippen MR) is 68.3 cm³/mol. The number of carboxylic acids is 1. The van der Waals surface area contributed by atoms with Crippen molar-refractivity contribution in [3.8, 4) is 0 Å². The van der Waals surface area contributed by atoms with Crippen molar-refractivity contribution in [1.29, 1.82) is 0 Å². The molecule has 0 unspecified atom stereocenters. The lowest BCUT2D eigenvalue weighted by Crippen LogP contribution is -2.35. The first-order valence-corrected chi connectivity index (χ1v) is 6.58. The topological polar surface area (TPSA) is 58.4 Å². The summed E-state index contributed by atoms with van der Waals surface area (Å²) in [4.78, 5) is 13.2. The number of rotatable bonds is 4. The van der Waals surface area contributed by atoms with E-state index < -0.39 is 5.97 Å². The summed E-state index contributed by atoms with van der Waals surface area (Å²) in [5, 5.41) is 13.4. The monoisotopic (exact) mass is 251 g/mol. The predicted octanol–water partition coefficient (Wildman–Crippen LogP) is 1.51. The average molecular weight is 251 g/mol. The first-order chi connectivity index (χ1) is 8.60. The van der Waals surface area contributed by atoms with Gasteiger partial charge in [-0.05, 0) is 39.8 Å². The maximum atomic E-state index is 10.9. The quantitative estimate of drug-likeness (QED) is 0.881. The van der Waals surface area contributed by atoms with Crippen LogP contribution in [0.2, 0.25) is 0 Å². The Labute approximate surface area is 107 Å². The molecule has 1 saturated heterocycles. The van der Waals surface area contributed by atoms with Gasteiger partial charge in [0.05, 0.1) is 11.6 Å². The number of nitrogens with zero attached hydrogens (tertiary/aromatic N) is 3. The van der Waals surface area contributed by atoms with Crippen molar-refractivity contribution in [2.75, 3.05) is 13.1 Å². The molecule has 18 heavy (non-hydrogen) atoms. The van der Waals surface area contributed by atoms with Crippen LogP contribution < -0.4 is 0 Å². The molecule has 0 atom stereocenters. The van der Waals surface area contributed by atoms with Gasteiger partial charge in [-0.2, -0.15) is 5.10 Å². The minimum Gasteiger partial charge on any atom is -0.481 e. The van der Waals surface area contributed by atoms with E-state index in [9.17, 15) is 4.79 Å². The SMILES string of the molecule is CCn1cc(CN2CCC(C(=O)O)CC2)c(C)n1. The van der Waals surface area contributed by atoms with Crippen molar-refractivity contribution in [2.45, 2.75) is 39.8 Å². The van der Waals surface area contributed by atoms with Gasteiger partial charge in [-0.3, -0.25) is 14.4 Å². The van der Waals surface area contributed by atoms with Gasteiger partial charge >= 0.3 is 5.97 Å². The van der Waals surface area contributed by atoms with Gasteiger partial charge in [-0.15, -0.1) is 0 Å². The minimum atomic E-state index is -0.648. The van der Waals surface area contributed by atoms with Crippen LogP contribution in [0.5, 0.6) is 0 Å². The van der Waals surface area contributed by atoms with Gasteiger partial charge in [0.1, 0.15) is 0 Å². The molecule has 100 valence electrons. The molecular formula is C13H21N3O2. The van der Waals surface area contributed by atoms with Gasteiger partial charge in [0, 0.05) is 24.8 Å². The Morgan fingerprint density at radius 1 is 1.50 bits per heavy atom. The van der Waals surface area contributed by atoms with E-state index in [0.717, 1.165) is 44.7 Å². The zero-order valence-electron chi connectivity index (χ0n) is 11.1. The molecule has 0 spiro atoms. The van der Waals surface area contributed by atoms with Crippen LogP contribution in [0.15, 0.2) is 6.20 Å². The van der Waals surface area contributed by atoms with Crippen LogP contribution in [-0.2, 0) is 17.9 Å². The summed E-state index contributed by atoms with van der Waals surface area (Å²) >= 11 is 0. The number of likely N-dealkylation sites (tertiary alicyclic amines) is 1. The van der Waals surface area contributed by atoms with E-state index in [-0.39, 0.29) is 5.92 Å². The highest BCUT2D eigenvalue weighted by Crippen LogP contribution is 2.19. The second kappa shape index (κ2) is 5.52. The molecule has 1 aliphatic heterocycles. The van der Waals surface area contributed by atoms with Gasteiger partial charge in [-0.1, -0.05) is 0 Å². The van der Waals surface area contributed by atoms with Crippen LogP contribution in [-0.4, -0.2) is 38.8 Å². The van der Waals surface area contributed by atoms with Gasteiger partial charge in [0.15, 0.2) is 0 Å². The molecule has 0 saturated carbocycles. The summed E-state index contributed by atoms with van der Waals surface area (Å²) in [5.74, 6) is -0.801. The number of aryl methyl sites for hydroxylation is 2. The maximum absolute atomic E-state index is 10.9. The number of aliphatic carboxylic acids is 1. The molecule has 0 aliphatic carbocycles. The van der Waals surface area contributed by atoms with Crippen LogP contribution in [0, 0.1) is 12.8 Å². The summed E-state index contributed by atoms with van der Waals surface area (Å²) < 4.78 is 1.95. The molecule has 1 N–H and O–H groups in total. The number of carboxylic acid groups (broad SMARTS) is 1. The third kappa shape index (κ3) is 2.90. The molecule has 1 aliphatic rings. The summed E-state index contributed by atoms with van der Waals surface area (Å²) in [6.07, 6.45) is 3.62. The lowest BCUT2D eigenvalue weighted by molar-refractivity contribution is -0.143. The number of aromatic nitrogens is 2. The molecule has 0 aromatic carbocycles. The molecule has 2 heterocycles. The molecule has 1 fully saturated rings. The number of hydrogen-bond donors (Lipinski definition) is 1. The summed E-state index contributed by atoms with van der Waals surface area (Å²) in [7, 11) is 0. The van der Waals surface area contributed by atoms with E-state index in [1.165, 1.54) is 5.56 Å². The van der Waals surface area contributed by atoms with Crippen LogP contribution >= 0.6 is 0 Å². The van der Waals surface area contributed by atoms with Gasteiger partial charge in [0.2, 0.25) is 0 Å². The van der Waals surface area contributed by atoms with Crippen molar-refractivity contribution in [3.05, 3.63) is 17.5 Å². The van der Waals surface area contributed by atoms with Crippen LogP contribution in [0.3, 0.4) is 0 Å². The Morgan fingerprint density at radius 3 is 2.67 bits per heavy atom. The first kappa shape index (κ1) is 13.1. The normalized spacial score (nSPS) is 18.1. The summed E-state index contributed by atoms with van der Waals surface area (Å²) in [6, 6.07) is 0. The van der Waals surface area contributed by atoms with Crippen molar-refractivity contribution < 1.29 is 9.90 Å². The summed E-state index contributed by atoms with van der Waals surface area (Å²) in [5.41, 5.74) is 2.34. The second-order valence-corrected chi connectivity index (χ2v) is 4.98. The van der Waals surface area contributed by atoms with E-state index >= 15 is 0 Å². The fraction of sp³-hybridized carbons (Fsp3) is 0.692. The fourth-order valence-electron chi connectivity index (χ4n) is 2.46. The molecule has 5 nitrogen and oxygen atoms in total. The lowest BCUT2D eigenvalue weighted by atomic mass is 9.97. The van der Waals surface area contributed by atoms with Gasteiger partial charge in [-0.25, -0.2) is 0 Å². The average Bonchev–Trinajstić information content (AvgIpc) is 2.71. The lowest BCUT2D eigenvalue weighted by Gasteiger charge is -2.29. The largest absolute Gasteiger partial charge is 0.481 e. The van der Waals surface area contributed by atoms with Crippen molar-refractivity contribution in [1.82, 2.24) is 14.7 Å². The summed E-state index contributed by atoms with van der Waals surface area (Å²) in [6.45, 7) is 7.63. The highest BCUT2D eigenvalue weighted by molar-refractivity contribution is 5.70. The zero-order valence-corrected chi connectivity index (χ0v) is 11.1. The first-order valence-electron chi connectivity index (χ1n) is 6.58. The second-order valence-electron chi connectivity index (χ2n) is 4.98. The standard InChI is InChI=1S/C13H21N3O2/c1-3-16-9-12(10(2)14-16)8-15-6-4-11(5-7-15)13(17)18/h9,11H,3-8H2,1-2H3,(H,17,18). The highest BCUT2D eigenvalue weighted by atomic mass is 16.4. The highest BCUT2D eigenvalue weighted by Gasteiger charge is 2.24. The van der Waals surface area contributed by atoms with E-state index in [4.69, 9.17) is 5.11 Å². The molecule has 0 amide bonds. The Morgan fingerprint density at radius 2 is 2.17 bits per heavy atom. The molecule has 1 aromatic rings. The zero-order chi connectivity index (χ0) is 13.1. The number of carbonyl (C=O) groups is 1. The van der Waals surface area contributed by atoms with Crippen molar-refractivity contribution >= 4 is 5.97 Å². The van der Waals surface area contributed by atoms with Gasteiger partial charge in [0.25, 0.3) is 0 Å². The van der Waals surface area contributed by atoms with Crippen molar-refractivity contribution in [2.24, 2.45) is 5.92 Å². The third-order valence-corrected chi connectivity index (χ3v) is 3.70. The number of hydrogen-bond acceptors (Lipinski definition) is 3. The Bertz CT molecular complexity index is 420. The smallest absolute Gasteiger partial charge is 0.306 e. The maximum Gasteiger partial charge on any atom is 0.306 e. The molecular weight excluding hydrogens is 230 g/mol. The van der Waals surface area contributed by atoms with E-state index in [1.807, 2.05) is 11.6 Å². The molecule has 1 aromatic heterocycles. The van der Waals surface area contributed by atoms with Gasteiger partial charge < -0.3 is 5.11 Å². The molecule has 0 bridgehead atoms. The van der Waals surface area contributed by atoms with E-state index in [1.54, 1.807) is 0 Å². The van der Waals surface area contributed by atoms with Crippen LogP contribution in [0.4, 0.5) is 0 Å². The molecule has 2 rings (SSSR count). The van der Waals surface area contributed by atoms with Crippen LogP contribution in [0.25, 0.3) is 0 Å².